The van der Waals surface area contributed by atoms with Crippen LogP contribution in [0.25, 0.3) is 0 Å². The number of hydrogen-bond donors (Lipinski definition) is 2. The number of aryl methyl sites for hydroxylation is 1. The van der Waals surface area contributed by atoms with Crippen molar-refractivity contribution in [2.75, 3.05) is 5.32 Å². The minimum atomic E-state index is -1.15. The van der Waals surface area contributed by atoms with Crippen molar-refractivity contribution in [1.29, 1.82) is 0 Å². The van der Waals surface area contributed by atoms with Crippen molar-refractivity contribution in [3.63, 3.8) is 0 Å². The Labute approximate surface area is 120 Å². The van der Waals surface area contributed by atoms with E-state index in [-0.39, 0.29) is 12.1 Å². The predicted octanol–water partition coefficient (Wildman–Crippen LogP) is 1.49. The van der Waals surface area contributed by atoms with Gasteiger partial charge in [0.15, 0.2) is 0 Å². The number of amides is 1. The quantitative estimate of drug-likeness (QED) is 0.891. The van der Waals surface area contributed by atoms with E-state index >= 15 is 0 Å². The highest BCUT2D eigenvalue weighted by Crippen LogP contribution is 2.12. The number of anilines is 1. The van der Waals surface area contributed by atoms with Crippen LogP contribution in [0.5, 0.6) is 0 Å². The maximum absolute atomic E-state index is 11.9. The smallest absolute Gasteiger partial charge is 0.337 e. The van der Waals surface area contributed by atoms with Crippen LogP contribution in [0.2, 0.25) is 0 Å². The number of pyridine rings is 1. The molecule has 108 valence electrons. The standard InChI is InChI=1S/C15H14N2O4/c1-10-4-2-3-5-12(10)16-13(18)9-17-8-11(15(20)21)6-7-14(17)19/h2-8H,9H2,1H3,(H,16,18)(H,20,21). The van der Waals surface area contributed by atoms with Crippen LogP contribution < -0.4 is 10.9 Å². The Hall–Kier alpha value is -2.89. The minimum Gasteiger partial charge on any atom is -0.478 e. The van der Waals surface area contributed by atoms with Gasteiger partial charge in [0.2, 0.25) is 5.91 Å². The van der Waals surface area contributed by atoms with Crippen molar-refractivity contribution >= 4 is 17.6 Å². The summed E-state index contributed by atoms with van der Waals surface area (Å²) in [6.45, 7) is 1.61. The molecular formula is C15H14N2O4. The zero-order valence-corrected chi connectivity index (χ0v) is 11.4. The lowest BCUT2D eigenvalue weighted by Crippen LogP contribution is -2.27. The van der Waals surface area contributed by atoms with Crippen LogP contribution in [0.4, 0.5) is 5.69 Å². The zero-order valence-electron chi connectivity index (χ0n) is 11.4. The van der Waals surface area contributed by atoms with Crippen LogP contribution in [-0.2, 0) is 11.3 Å². The third kappa shape index (κ3) is 3.56. The van der Waals surface area contributed by atoms with Crippen LogP contribution >= 0.6 is 0 Å². The van der Waals surface area contributed by atoms with E-state index in [0.717, 1.165) is 22.4 Å². The van der Waals surface area contributed by atoms with E-state index in [9.17, 15) is 14.4 Å². The molecule has 0 fully saturated rings. The van der Waals surface area contributed by atoms with Gasteiger partial charge in [-0.15, -0.1) is 0 Å². The molecule has 1 heterocycles. The number of para-hydroxylation sites is 1. The van der Waals surface area contributed by atoms with Gasteiger partial charge < -0.3 is 15.0 Å². The van der Waals surface area contributed by atoms with E-state index in [1.54, 1.807) is 12.1 Å². The number of rotatable bonds is 4. The summed E-state index contributed by atoms with van der Waals surface area (Å²) in [6.07, 6.45) is 1.15. The molecule has 0 bridgehead atoms. The normalized spacial score (nSPS) is 10.1. The van der Waals surface area contributed by atoms with E-state index in [1.165, 1.54) is 6.07 Å². The van der Waals surface area contributed by atoms with E-state index in [1.807, 2.05) is 19.1 Å². The van der Waals surface area contributed by atoms with E-state index in [4.69, 9.17) is 5.11 Å². The van der Waals surface area contributed by atoms with Gasteiger partial charge >= 0.3 is 5.97 Å². The molecule has 0 aliphatic carbocycles. The molecule has 0 saturated carbocycles. The number of hydrogen-bond acceptors (Lipinski definition) is 3. The van der Waals surface area contributed by atoms with Gasteiger partial charge in [-0.05, 0) is 24.6 Å². The number of carbonyl (C=O) groups excluding carboxylic acids is 1. The molecule has 21 heavy (non-hydrogen) atoms. The SMILES string of the molecule is Cc1ccccc1NC(=O)Cn1cc(C(=O)O)ccc1=O. The number of benzene rings is 1. The van der Waals surface area contributed by atoms with Crippen LogP contribution in [0.15, 0.2) is 47.4 Å². The molecule has 6 heteroatoms. The average Bonchev–Trinajstić information content (AvgIpc) is 2.43. The van der Waals surface area contributed by atoms with Crippen molar-refractivity contribution in [1.82, 2.24) is 4.57 Å². The molecule has 2 N–H and O–H groups in total. The predicted molar refractivity (Wildman–Crippen MR) is 77.5 cm³/mol. The zero-order chi connectivity index (χ0) is 15.4. The van der Waals surface area contributed by atoms with Gasteiger partial charge in [-0.1, -0.05) is 18.2 Å². The molecule has 0 aliphatic heterocycles. The monoisotopic (exact) mass is 286 g/mol. The van der Waals surface area contributed by atoms with Crippen LogP contribution in [-0.4, -0.2) is 21.6 Å². The number of aromatic nitrogens is 1. The van der Waals surface area contributed by atoms with Gasteiger partial charge in [0, 0.05) is 18.0 Å². The molecule has 0 radical (unpaired) electrons. The number of carbonyl (C=O) groups is 2. The number of nitrogens with one attached hydrogen (secondary N) is 1. The summed E-state index contributed by atoms with van der Waals surface area (Å²) in [7, 11) is 0. The van der Waals surface area contributed by atoms with Gasteiger partial charge in [0.25, 0.3) is 5.56 Å². The van der Waals surface area contributed by atoms with Crippen molar-refractivity contribution in [2.24, 2.45) is 0 Å². The third-order valence-electron chi connectivity index (χ3n) is 2.96. The maximum Gasteiger partial charge on any atom is 0.337 e. The fraction of sp³-hybridized carbons (Fsp3) is 0.133. The Balaban J connectivity index is 2.17. The molecule has 0 saturated heterocycles. The van der Waals surface area contributed by atoms with Gasteiger partial charge in [0.05, 0.1) is 5.56 Å². The first kappa shape index (κ1) is 14.5. The molecule has 0 aliphatic rings. The second-order valence-corrected chi connectivity index (χ2v) is 4.55. The Morgan fingerprint density at radius 1 is 1.19 bits per heavy atom. The first-order chi connectivity index (χ1) is 9.97. The summed E-state index contributed by atoms with van der Waals surface area (Å²) in [4.78, 5) is 34.5. The molecule has 1 aromatic carbocycles. The highest BCUT2D eigenvalue weighted by Gasteiger charge is 2.09. The first-order valence-electron chi connectivity index (χ1n) is 6.26. The van der Waals surface area contributed by atoms with E-state index < -0.39 is 17.4 Å². The van der Waals surface area contributed by atoms with Gasteiger partial charge in [-0.25, -0.2) is 4.79 Å². The molecule has 0 unspecified atom stereocenters. The molecule has 6 nitrogen and oxygen atoms in total. The summed E-state index contributed by atoms with van der Waals surface area (Å²) in [6, 6.07) is 9.59. The maximum atomic E-state index is 11.9. The number of carboxylic acid groups (broad SMARTS) is 1. The van der Waals surface area contributed by atoms with Crippen molar-refractivity contribution in [3.8, 4) is 0 Å². The Morgan fingerprint density at radius 3 is 2.57 bits per heavy atom. The lowest BCUT2D eigenvalue weighted by atomic mass is 10.2. The fourth-order valence-corrected chi connectivity index (χ4v) is 1.84. The van der Waals surface area contributed by atoms with E-state index in [0.29, 0.717) is 5.69 Å². The summed E-state index contributed by atoms with van der Waals surface area (Å²) in [5, 5.41) is 11.6. The molecule has 1 aromatic heterocycles. The Kier molecular flexibility index (Phi) is 4.18. The van der Waals surface area contributed by atoms with Crippen molar-refractivity contribution < 1.29 is 14.7 Å². The Morgan fingerprint density at radius 2 is 1.90 bits per heavy atom. The molecule has 0 atom stereocenters. The summed E-state index contributed by atoms with van der Waals surface area (Å²) < 4.78 is 1.07. The topological polar surface area (TPSA) is 88.4 Å². The minimum absolute atomic E-state index is 0.0432. The molecule has 2 aromatic rings. The lowest BCUT2D eigenvalue weighted by molar-refractivity contribution is -0.116. The van der Waals surface area contributed by atoms with Crippen LogP contribution in [0.1, 0.15) is 15.9 Å². The highest BCUT2D eigenvalue weighted by molar-refractivity contribution is 5.91. The van der Waals surface area contributed by atoms with Gasteiger partial charge in [0.1, 0.15) is 6.54 Å². The second-order valence-electron chi connectivity index (χ2n) is 4.55. The number of aromatic carboxylic acids is 1. The lowest BCUT2D eigenvalue weighted by Gasteiger charge is -2.09. The summed E-state index contributed by atoms with van der Waals surface area (Å²) >= 11 is 0. The fourth-order valence-electron chi connectivity index (χ4n) is 1.84. The molecule has 2 rings (SSSR count). The van der Waals surface area contributed by atoms with Crippen molar-refractivity contribution in [2.45, 2.75) is 13.5 Å². The number of carboxylic acids is 1. The second kappa shape index (κ2) is 6.04. The first-order valence-corrected chi connectivity index (χ1v) is 6.26. The van der Waals surface area contributed by atoms with Crippen LogP contribution in [0, 0.1) is 6.92 Å². The molecular weight excluding hydrogens is 272 g/mol. The third-order valence-corrected chi connectivity index (χ3v) is 2.96. The average molecular weight is 286 g/mol. The largest absolute Gasteiger partial charge is 0.478 e. The van der Waals surface area contributed by atoms with Crippen LogP contribution in [0.3, 0.4) is 0 Å². The highest BCUT2D eigenvalue weighted by atomic mass is 16.4. The molecule has 0 spiro atoms. The molecule has 1 amide bonds. The summed E-state index contributed by atoms with van der Waals surface area (Å²) in [5.74, 6) is -1.54. The van der Waals surface area contributed by atoms with Gasteiger partial charge in [-0.3, -0.25) is 9.59 Å². The Bertz CT molecular complexity index is 749. The summed E-state index contributed by atoms with van der Waals surface area (Å²) in [5.41, 5.74) is 1.08. The number of nitrogens with zero attached hydrogens (tertiary/aromatic N) is 1. The van der Waals surface area contributed by atoms with E-state index in [2.05, 4.69) is 5.32 Å². The van der Waals surface area contributed by atoms with Gasteiger partial charge in [-0.2, -0.15) is 0 Å². The van der Waals surface area contributed by atoms with Crippen molar-refractivity contribution in [3.05, 3.63) is 64.1 Å².